The fraction of sp³-hybridized carbons (Fsp3) is 0.600. The van der Waals surface area contributed by atoms with Gasteiger partial charge in [-0.25, -0.2) is 0 Å². The summed E-state index contributed by atoms with van der Waals surface area (Å²) in [5.74, 6) is 0.813. The summed E-state index contributed by atoms with van der Waals surface area (Å²) in [6.07, 6.45) is 3.07. The highest BCUT2D eigenvalue weighted by Gasteiger charge is 2.23. The van der Waals surface area contributed by atoms with E-state index in [2.05, 4.69) is 29.6 Å². The van der Waals surface area contributed by atoms with Gasteiger partial charge < -0.3 is 15.2 Å². The summed E-state index contributed by atoms with van der Waals surface area (Å²) in [6, 6.07) is 8.83. The van der Waals surface area contributed by atoms with Gasteiger partial charge >= 0.3 is 0 Å². The standard InChI is InChI=1S/C15H23NO2/c1-18-11-15(17)7-8-16-10-12-3-2-4-14(9-12)13-5-6-13/h2-4,9,13,15-17H,5-8,10-11H2,1H3. The van der Waals surface area contributed by atoms with E-state index in [-0.39, 0.29) is 6.10 Å². The Labute approximate surface area is 109 Å². The second kappa shape index (κ2) is 6.88. The van der Waals surface area contributed by atoms with Crippen molar-refractivity contribution in [1.29, 1.82) is 0 Å². The first kappa shape index (κ1) is 13.5. The third kappa shape index (κ3) is 4.41. The van der Waals surface area contributed by atoms with Crippen molar-refractivity contribution in [2.24, 2.45) is 0 Å². The topological polar surface area (TPSA) is 41.5 Å². The highest BCUT2D eigenvalue weighted by Crippen LogP contribution is 2.40. The predicted octanol–water partition coefficient (Wildman–Crippen LogP) is 2.05. The molecule has 1 aromatic rings. The SMILES string of the molecule is COCC(O)CCNCc1cccc(C2CC2)c1. The average molecular weight is 249 g/mol. The molecule has 0 bridgehead atoms. The number of ether oxygens (including phenoxy) is 1. The fourth-order valence-corrected chi connectivity index (χ4v) is 2.15. The van der Waals surface area contributed by atoms with Crippen LogP contribution in [-0.2, 0) is 11.3 Å². The number of hydrogen-bond acceptors (Lipinski definition) is 3. The van der Waals surface area contributed by atoms with Crippen LogP contribution < -0.4 is 5.32 Å². The van der Waals surface area contributed by atoms with Crippen LogP contribution in [0, 0.1) is 0 Å². The van der Waals surface area contributed by atoms with E-state index in [4.69, 9.17) is 4.74 Å². The molecule has 0 radical (unpaired) electrons. The van der Waals surface area contributed by atoms with Crippen LogP contribution in [0.1, 0.15) is 36.3 Å². The molecule has 1 saturated carbocycles. The summed E-state index contributed by atoms with van der Waals surface area (Å²) in [7, 11) is 1.61. The first-order chi connectivity index (χ1) is 8.79. The molecule has 1 atom stereocenters. The van der Waals surface area contributed by atoms with Crippen LogP contribution in [-0.4, -0.2) is 31.5 Å². The molecule has 1 aliphatic carbocycles. The first-order valence-corrected chi connectivity index (χ1v) is 6.76. The molecule has 1 unspecified atom stereocenters. The number of methoxy groups -OCH3 is 1. The number of aliphatic hydroxyl groups is 1. The molecule has 3 heteroatoms. The zero-order valence-corrected chi connectivity index (χ0v) is 11.1. The van der Waals surface area contributed by atoms with Gasteiger partial charge in [0.15, 0.2) is 0 Å². The van der Waals surface area contributed by atoms with Gasteiger partial charge in [0.25, 0.3) is 0 Å². The molecule has 1 fully saturated rings. The Morgan fingerprint density at radius 1 is 1.44 bits per heavy atom. The molecule has 2 rings (SSSR count). The molecule has 0 spiro atoms. The molecule has 0 saturated heterocycles. The highest BCUT2D eigenvalue weighted by molar-refractivity contribution is 5.29. The molecule has 0 amide bonds. The fourth-order valence-electron chi connectivity index (χ4n) is 2.15. The van der Waals surface area contributed by atoms with Crippen LogP contribution in [0.5, 0.6) is 0 Å². The van der Waals surface area contributed by atoms with E-state index in [0.29, 0.717) is 6.61 Å². The lowest BCUT2D eigenvalue weighted by Gasteiger charge is -2.10. The number of nitrogens with one attached hydrogen (secondary N) is 1. The second-order valence-corrected chi connectivity index (χ2v) is 5.09. The molecule has 0 heterocycles. The molecule has 100 valence electrons. The Bertz CT molecular complexity index is 363. The van der Waals surface area contributed by atoms with Gasteiger partial charge in [0, 0.05) is 13.7 Å². The number of rotatable bonds is 8. The van der Waals surface area contributed by atoms with Crippen molar-refractivity contribution in [1.82, 2.24) is 5.32 Å². The molecule has 1 aromatic carbocycles. The van der Waals surface area contributed by atoms with E-state index in [1.807, 2.05) is 0 Å². The van der Waals surface area contributed by atoms with Gasteiger partial charge in [-0.15, -0.1) is 0 Å². The van der Waals surface area contributed by atoms with Crippen molar-refractivity contribution >= 4 is 0 Å². The Morgan fingerprint density at radius 2 is 2.28 bits per heavy atom. The molecule has 3 nitrogen and oxygen atoms in total. The van der Waals surface area contributed by atoms with Gasteiger partial charge in [-0.05, 0) is 42.9 Å². The number of aliphatic hydroxyl groups excluding tert-OH is 1. The summed E-state index contributed by atoms with van der Waals surface area (Å²) in [5, 5.41) is 12.9. The summed E-state index contributed by atoms with van der Waals surface area (Å²) in [5.41, 5.74) is 2.81. The van der Waals surface area contributed by atoms with Crippen LogP contribution in [0.15, 0.2) is 24.3 Å². The summed E-state index contributed by atoms with van der Waals surface area (Å²) >= 11 is 0. The normalized spacial score (nSPS) is 16.8. The van der Waals surface area contributed by atoms with Crippen molar-refractivity contribution in [3.63, 3.8) is 0 Å². The van der Waals surface area contributed by atoms with Crippen molar-refractivity contribution in [3.8, 4) is 0 Å². The number of hydrogen-bond donors (Lipinski definition) is 2. The summed E-state index contributed by atoms with van der Waals surface area (Å²) in [4.78, 5) is 0. The minimum atomic E-state index is -0.361. The van der Waals surface area contributed by atoms with Gasteiger partial charge in [0.1, 0.15) is 0 Å². The molecular weight excluding hydrogens is 226 g/mol. The van der Waals surface area contributed by atoms with Crippen molar-refractivity contribution < 1.29 is 9.84 Å². The van der Waals surface area contributed by atoms with E-state index in [1.165, 1.54) is 24.0 Å². The molecule has 18 heavy (non-hydrogen) atoms. The predicted molar refractivity (Wildman–Crippen MR) is 72.6 cm³/mol. The van der Waals surface area contributed by atoms with Gasteiger partial charge in [0.2, 0.25) is 0 Å². The van der Waals surface area contributed by atoms with Gasteiger partial charge in [-0.2, -0.15) is 0 Å². The van der Waals surface area contributed by atoms with Crippen molar-refractivity contribution in [2.45, 2.75) is 37.8 Å². The maximum atomic E-state index is 9.51. The van der Waals surface area contributed by atoms with Gasteiger partial charge in [0.05, 0.1) is 12.7 Å². The largest absolute Gasteiger partial charge is 0.391 e. The van der Waals surface area contributed by atoms with Crippen LogP contribution in [0.25, 0.3) is 0 Å². The minimum absolute atomic E-state index is 0.361. The Morgan fingerprint density at radius 3 is 3.00 bits per heavy atom. The summed E-state index contributed by atoms with van der Waals surface area (Å²) in [6.45, 7) is 2.11. The maximum absolute atomic E-state index is 9.51. The van der Waals surface area contributed by atoms with Crippen molar-refractivity contribution in [3.05, 3.63) is 35.4 Å². The highest BCUT2D eigenvalue weighted by atomic mass is 16.5. The van der Waals surface area contributed by atoms with Gasteiger partial charge in [-0.3, -0.25) is 0 Å². The van der Waals surface area contributed by atoms with Crippen molar-refractivity contribution in [2.75, 3.05) is 20.3 Å². The van der Waals surface area contributed by atoms with E-state index < -0.39 is 0 Å². The third-order valence-electron chi connectivity index (χ3n) is 3.34. The molecule has 2 N–H and O–H groups in total. The Balaban J connectivity index is 1.68. The van der Waals surface area contributed by atoms with E-state index >= 15 is 0 Å². The lowest BCUT2D eigenvalue weighted by Crippen LogP contribution is -2.23. The maximum Gasteiger partial charge on any atom is 0.0785 e. The lowest BCUT2D eigenvalue weighted by molar-refractivity contribution is 0.0594. The molecule has 0 aromatic heterocycles. The smallest absolute Gasteiger partial charge is 0.0785 e. The molecular formula is C15H23NO2. The van der Waals surface area contributed by atoms with E-state index in [1.54, 1.807) is 7.11 Å². The lowest BCUT2D eigenvalue weighted by atomic mass is 10.1. The second-order valence-electron chi connectivity index (χ2n) is 5.09. The van der Waals surface area contributed by atoms with E-state index in [9.17, 15) is 5.11 Å². The Kier molecular flexibility index (Phi) is 5.17. The minimum Gasteiger partial charge on any atom is -0.391 e. The third-order valence-corrected chi connectivity index (χ3v) is 3.34. The molecule has 0 aliphatic heterocycles. The molecule has 1 aliphatic rings. The van der Waals surface area contributed by atoms with Gasteiger partial charge in [-0.1, -0.05) is 24.3 Å². The van der Waals surface area contributed by atoms with Crippen LogP contribution in [0.2, 0.25) is 0 Å². The first-order valence-electron chi connectivity index (χ1n) is 6.76. The zero-order chi connectivity index (χ0) is 12.8. The quantitative estimate of drug-likeness (QED) is 0.693. The average Bonchev–Trinajstić information content (AvgIpc) is 3.20. The van der Waals surface area contributed by atoms with Crippen LogP contribution in [0.4, 0.5) is 0 Å². The monoisotopic (exact) mass is 249 g/mol. The van der Waals surface area contributed by atoms with Crippen LogP contribution in [0.3, 0.4) is 0 Å². The number of benzene rings is 1. The summed E-state index contributed by atoms with van der Waals surface area (Å²) < 4.78 is 4.89. The van der Waals surface area contributed by atoms with Crippen LogP contribution >= 0.6 is 0 Å². The zero-order valence-electron chi connectivity index (χ0n) is 11.1. The Hall–Kier alpha value is -0.900. The van der Waals surface area contributed by atoms with E-state index in [0.717, 1.165) is 25.4 Å².